The Kier molecular flexibility index (Phi) is 6.68. The van der Waals surface area contributed by atoms with Crippen molar-refractivity contribution in [2.75, 3.05) is 0 Å². The molecule has 170 valence electrons. The summed E-state index contributed by atoms with van der Waals surface area (Å²) in [5.74, 6) is 1.32. The molecule has 0 radical (unpaired) electrons. The van der Waals surface area contributed by atoms with E-state index >= 15 is 0 Å². The molecule has 2 aromatic carbocycles. The monoisotopic (exact) mass is 443 g/mol. The van der Waals surface area contributed by atoms with Crippen LogP contribution in [0.5, 0.6) is 0 Å². The minimum absolute atomic E-state index is 0.123. The van der Waals surface area contributed by atoms with Crippen LogP contribution >= 0.6 is 0 Å². The standard InChI is InChI=1S/C26H29N5O2/c1-17(2)11-12-23-15-24(26-29-28-19(4)33-26)30-31(23)22-10-6-9-21(14-22)25(32)27-16-20-8-5-7-18(3)13-20/h5-10,13-15,17H,11-12,16H2,1-4H3,(H,27,32). The van der Waals surface area contributed by atoms with Crippen LogP contribution in [0, 0.1) is 19.8 Å². The Bertz CT molecular complexity index is 1260. The molecule has 2 heterocycles. The summed E-state index contributed by atoms with van der Waals surface area (Å²) in [5.41, 5.74) is 5.31. The molecular formula is C26H29N5O2. The molecule has 0 spiro atoms. The van der Waals surface area contributed by atoms with Crippen LogP contribution in [-0.4, -0.2) is 25.9 Å². The van der Waals surface area contributed by atoms with Gasteiger partial charge in [-0.25, -0.2) is 4.68 Å². The molecule has 7 heteroatoms. The SMILES string of the molecule is Cc1cccc(CNC(=O)c2cccc(-n3nc(-c4nnc(C)o4)cc3CCC(C)C)c2)c1. The molecule has 33 heavy (non-hydrogen) atoms. The van der Waals surface area contributed by atoms with E-state index in [4.69, 9.17) is 9.52 Å². The lowest BCUT2D eigenvalue weighted by molar-refractivity contribution is 0.0951. The van der Waals surface area contributed by atoms with Crippen LogP contribution in [0.25, 0.3) is 17.3 Å². The Labute approximate surface area is 193 Å². The second-order valence-electron chi connectivity index (χ2n) is 8.71. The molecule has 4 rings (SSSR count). The average Bonchev–Trinajstić information content (AvgIpc) is 3.42. The van der Waals surface area contributed by atoms with Gasteiger partial charge in [-0.2, -0.15) is 5.10 Å². The predicted molar refractivity (Wildman–Crippen MR) is 127 cm³/mol. The predicted octanol–water partition coefficient (Wildman–Crippen LogP) is 5.06. The summed E-state index contributed by atoms with van der Waals surface area (Å²) in [5, 5.41) is 15.8. The highest BCUT2D eigenvalue weighted by molar-refractivity contribution is 5.94. The molecule has 0 aliphatic carbocycles. The van der Waals surface area contributed by atoms with Gasteiger partial charge < -0.3 is 9.73 Å². The van der Waals surface area contributed by atoms with Gasteiger partial charge in [0.2, 0.25) is 5.89 Å². The summed E-state index contributed by atoms with van der Waals surface area (Å²) in [6.45, 7) is 8.67. The fourth-order valence-corrected chi connectivity index (χ4v) is 3.65. The van der Waals surface area contributed by atoms with Crippen molar-refractivity contribution in [3.05, 3.63) is 82.9 Å². The zero-order valence-corrected chi connectivity index (χ0v) is 19.5. The molecule has 1 amide bonds. The van der Waals surface area contributed by atoms with Gasteiger partial charge in [0.05, 0.1) is 5.69 Å². The molecule has 0 unspecified atom stereocenters. The number of aromatic nitrogens is 4. The van der Waals surface area contributed by atoms with Crippen molar-refractivity contribution in [3.63, 3.8) is 0 Å². The third-order valence-corrected chi connectivity index (χ3v) is 5.39. The first kappa shape index (κ1) is 22.5. The lowest BCUT2D eigenvalue weighted by Crippen LogP contribution is -2.23. The van der Waals surface area contributed by atoms with Crippen molar-refractivity contribution in [2.24, 2.45) is 5.92 Å². The lowest BCUT2D eigenvalue weighted by Gasteiger charge is -2.11. The van der Waals surface area contributed by atoms with Crippen molar-refractivity contribution in [3.8, 4) is 17.3 Å². The number of hydrogen-bond acceptors (Lipinski definition) is 5. The zero-order chi connectivity index (χ0) is 23.4. The van der Waals surface area contributed by atoms with Gasteiger partial charge in [-0.3, -0.25) is 4.79 Å². The second kappa shape index (κ2) is 9.81. The highest BCUT2D eigenvalue weighted by Crippen LogP contribution is 2.23. The van der Waals surface area contributed by atoms with E-state index < -0.39 is 0 Å². The van der Waals surface area contributed by atoms with Crippen LogP contribution < -0.4 is 5.32 Å². The van der Waals surface area contributed by atoms with Gasteiger partial charge in [0.15, 0.2) is 0 Å². The first-order chi connectivity index (χ1) is 15.9. The van der Waals surface area contributed by atoms with Gasteiger partial charge in [0.25, 0.3) is 11.8 Å². The third kappa shape index (κ3) is 5.55. The number of aryl methyl sites for hydroxylation is 3. The Morgan fingerprint density at radius 3 is 2.61 bits per heavy atom. The third-order valence-electron chi connectivity index (χ3n) is 5.39. The number of nitrogens with zero attached hydrogens (tertiary/aromatic N) is 4. The molecule has 2 aromatic heterocycles. The molecule has 0 aliphatic heterocycles. The number of amides is 1. The molecule has 0 fully saturated rings. The number of hydrogen-bond donors (Lipinski definition) is 1. The van der Waals surface area contributed by atoms with Crippen LogP contribution in [0.3, 0.4) is 0 Å². The molecular weight excluding hydrogens is 414 g/mol. The van der Waals surface area contributed by atoms with Crippen LogP contribution in [-0.2, 0) is 13.0 Å². The maximum Gasteiger partial charge on any atom is 0.268 e. The quantitative estimate of drug-likeness (QED) is 0.411. The Morgan fingerprint density at radius 1 is 1.06 bits per heavy atom. The Morgan fingerprint density at radius 2 is 1.88 bits per heavy atom. The van der Waals surface area contributed by atoms with Gasteiger partial charge in [0.1, 0.15) is 5.69 Å². The summed E-state index contributed by atoms with van der Waals surface area (Å²) in [7, 11) is 0. The minimum atomic E-state index is -0.123. The maximum absolute atomic E-state index is 12.8. The lowest BCUT2D eigenvalue weighted by atomic mass is 10.1. The maximum atomic E-state index is 12.8. The Hall–Kier alpha value is -3.74. The van der Waals surface area contributed by atoms with Crippen molar-refractivity contribution < 1.29 is 9.21 Å². The van der Waals surface area contributed by atoms with E-state index in [0.717, 1.165) is 29.8 Å². The largest absolute Gasteiger partial charge is 0.420 e. The molecule has 0 saturated heterocycles. The highest BCUT2D eigenvalue weighted by Gasteiger charge is 2.17. The van der Waals surface area contributed by atoms with Crippen LogP contribution in [0.2, 0.25) is 0 Å². The summed E-state index contributed by atoms with van der Waals surface area (Å²) < 4.78 is 7.45. The van der Waals surface area contributed by atoms with E-state index in [-0.39, 0.29) is 5.91 Å². The van der Waals surface area contributed by atoms with Crippen LogP contribution in [0.4, 0.5) is 0 Å². The van der Waals surface area contributed by atoms with Gasteiger partial charge >= 0.3 is 0 Å². The summed E-state index contributed by atoms with van der Waals surface area (Å²) >= 11 is 0. The van der Waals surface area contributed by atoms with Crippen LogP contribution in [0.1, 0.15) is 53.3 Å². The van der Waals surface area contributed by atoms with Crippen molar-refractivity contribution >= 4 is 5.91 Å². The van der Waals surface area contributed by atoms with E-state index in [1.54, 1.807) is 6.92 Å². The van der Waals surface area contributed by atoms with Crippen molar-refractivity contribution in [2.45, 2.75) is 47.1 Å². The Balaban J connectivity index is 1.59. The summed E-state index contributed by atoms with van der Waals surface area (Å²) in [6, 6.07) is 17.6. The normalized spacial score (nSPS) is 11.2. The van der Waals surface area contributed by atoms with E-state index in [0.29, 0.717) is 35.5 Å². The van der Waals surface area contributed by atoms with E-state index in [9.17, 15) is 4.79 Å². The number of rotatable bonds is 8. The number of benzene rings is 2. The van der Waals surface area contributed by atoms with Gasteiger partial charge in [-0.05, 0) is 55.5 Å². The average molecular weight is 444 g/mol. The van der Waals surface area contributed by atoms with Crippen molar-refractivity contribution in [1.29, 1.82) is 0 Å². The van der Waals surface area contributed by atoms with Crippen LogP contribution in [0.15, 0.2) is 59.0 Å². The smallest absolute Gasteiger partial charge is 0.268 e. The first-order valence-corrected chi connectivity index (χ1v) is 11.2. The number of carbonyl (C=O) groups is 1. The zero-order valence-electron chi connectivity index (χ0n) is 19.5. The molecule has 7 nitrogen and oxygen atoms in total. The molecule has 0 aliphatic rings. The van der Waals surface area contributed by atoms with E-state index in [1.807, 2.05) is 60.1 Å². The minimum Gasteiger partial charge on any atom is -0.420 e. The molecule has 0 atom stereocenters. The molecule has 0 saturated carbocycles. The number of carbonyl (C=O) groups excluding carboxylic acids is 1. The highest BCUT2D eigenvalue weighted by atomic mass is 16.4. The number of nitrogens with one attached hydrogen (secondary N) is 1. The van der Waals surface area contributed by atoms with Gasteiger partial charge in [0, 0.05) is 24.7 Å². The first-order valence-electron chi connectivity index (χ1n) is 11.2. The van der Waals surface area contributed by atoms with Gasteiger partial charge in [-0.1, -0.05) is 49.7 Å². The molecule has 0 bridgehead atoms. The van der Waals surface area contributed by atoms with Gasteiger partial charge in [-0.15, -0.1) is 10.2 Å². The van der Waals surface area contributed by atoms with E-state index in [1.165, 1.54) is 5.56 Å². The fraction of sp³-hybridized carbons (Fsp3) is 0.308. The second-order valence-corrected chi connectivity index (χ2v) is 8.71. The fourth-order valence-electron chi connectivity index (χ4n) is 3.65. The topological polar surface area (TPSA) is 85.8 Å². The summed E-state index contributed by atoms with van der Waals surface area (Å²) in [4.78, 5) is 12.8. The molecule has 4 aromatic rings. The summed E-state index contributed by atoms with van der Waals surface area (Å²) in [6.07, 6.45) is 1.87. The van der Waals surface area contributed by atoms with E-state index in [2.05, 4.69) is 35.4 Å². The molecule has 1 N–H and O–H groups in total. The van der Waals surface area contributed by atoms with Crippen molar-refractivity contribution in [1.82, 2.24) is 25.3 Å².